The van der Waals surface area contributed by atoms with Crippen molar-refractivity contribution in [3.8, 4) is 0 Å². The number of aliphatic hydroxyl groups is 1. The van der Waals surface area contributed by atoms with E-state index in [1.165, 1.54) is 0 Å². The average Bonchev–Trinajstić information content (AvgIpc) is 2.67. The van der Waals surface area contributed by atoms with Crippen LogP contribution in [0.4, 0.5) is 0 Å². The van der Waals surface area contributed by atoms with Crippen LogP contribution in [0.25, 0.3) is 0 Å². The molecule has 0 heterocycles. The Kier molecular flexibility index (Phi) is 7.28. The molecule has 27 heavy (non-hydrogen) atoms. The molecule has 152 valence electrons. The molecule has 0 saturated heterocycles. The number of amides is 1. The molecule has 2 N–H and O–H groups in total. The standard InChI is InChI=1S/C16H23NO10/c1-7(18)17-14-12(25-9(3)20)13(26-10(4)21)15(27-11(5)22)16(14,23)6-24-8(2)19/h12-15,23H,6H2,1-5H3,(H,17,18)/t12-,13-,14-,15+,16-/m1/s1. The Labute approximate surface area is 155 Å². The van der Waals surface area contributed by atoms with Gasteiger partial charge in [-0.15, -0.1) is 0 Å². The number of nitrogens with one attached hydrogen (secondary N) is 1. The van der Waals surface area contributed by atoms with Gasteiger partial charge >= 0.3 is 23.9 Å². The first-order chi connectivity index (χ1) is 12.4. The summed E-state index contributed by atoms with van der Waals surface area (Å²) in [6, 6.07) is -1.40. The zero-order valence-corrected chi connectivity index (χ0v) is 15.6. The van der Waals surface area contributed by atoms with Crippen LogP contribution in [0.2, 0.25) is 0 Å². The van der Waals surface area contributed by atoms with Gasteiger partial charge < -0.3 is 29.4 Å². The minimum atomic E-state index is -2.23. The average molecular weight is 389 g/mol. The number of esters is 4. The second-order valence-corrected chi connectivity index (χ2v) is 6.13. The highest BCUT2D eigenvalue weighted by molar-refractivity contribution is 5.74. The third kappa shape index (κ3) is 5.64. The number of hydrogen-bond acceptors (Lipinski definition) is 10. The Morgan fingerprint density at radius 1 is 0.815 bits per heavy atom. The van der Waals surface area contributed by atoms with Crippen LogP contribution < -0.4 is 5.32 Å². The highest BCUT2D eigenvalue weighted by atomic mass is 16.6. The Bertz CT molecular complexity index is 589. The van der Waals surface area contributed by atoms with Crippen LogP contribution in [0, 0.1) is 0 Å². The zero-order valence-electron chi connectivity index (χ0n) is 15.6. The second-order valence-electron chi connectivity index (χ2n) is 6.13. The van der Waals surface area contributed by atoms with Crippen molar-refractivity contribution in [2.75, 3.05) is 6.61 Å². The fraction of sp³-hybridized carbons (Fsp3) is 0.688. The monoisotopic (exact) mass is 389 g/mol. The maximum absolute atomic E-state index is 11.6. The highest BCUT2D eigenvalue weighted by Crippen LogP contribution is 2.38. The molecule has 1 saturated carbocycles. The van der Waals surface area contributed by atoms with E-state index in [1.54, 1.807) is 0 Å². The van der Waals surface area contributed by atoms with Crippen molar-refractivity contribution in [2.45, 2.75) is 64.6 Å². The first-order valence-corrected chi connectivity index (χ1v) is 8.03. The molecule has 0 unspecified atom stereocenters. The van der Waals surface area contributed by atoms with Gasteiger partial charge in [-0.05, 0) is 0 Å². The molecule has 1 fully saturated rings. The van der Waals surface area contributed by atoms with Gasteiger partial charge in [0, 0.05) is 34.6 Å². The van der Waals surface area contributed by atoms with Crippen LogP contribution in [0.5, 0.6) is 0 Å². The molecule has 11 heteroatoms. The predicted molar refractivity (Wildman–Crippen MR) is 85.8 cm³/mol. The van der Waals surface area contributed by atoms with Crippen molar-refractivity contribution in [2.24, 2.45) is 0 Å². The fourth-order valence-electron chi connectivity index (χ4n) is 2.92. The molecule has 0 aromatic carbocycles. The number of carbonyl (C=O) groups excluding carboxylic acids is 5. The summed E-state index contributed by atoms with van der Waals surface area (Å²) < 4.78 is 20.2. The lowest BCUT2D eigenvalue weighted by molar-refractivity contribution is -0.189. The second kappa shape index (κ2) is 8.80. The maximum Gasteiger partial charge on any atom is 0.303 e. The van der Waals surface area contributed by atoms with Crippen LogP contribution >= 0.6 is 0 Å². The molecule has 5 atom stereocenters. The largest absolute Gasteiger partial charge is 0.463 e. The normalized spacial score (nSPS) is 29.4. The molecule has 1 rings (SSSR count). The van der Waals surface area contributed by atoms with E-state index in [0.29, 0.717) is 0 Å². The molecular weight excluding hydrogens is 366 g/mol. The van der Waals surface area contributed by atoms with Crippen molar-refractivity contribution in [1.82, 2.24) is 5.32 Å². The molecule has 1 amide bonds. The molecule has 1 aliphatic carbocycles. The highest BCUT2D eigenvalue weighted by Gasteiger charge is 2.66. The molecule has 11 nitrogen and oxygen atoms in total. The summed E-state index contributed by atoms with van der Waals surface area (Å²) in [7, 11) is 0. The van der Waals surface area contributed by atoms with Gasteiger partial charge in [0.2, 0.25) is 5.91 Å². The first-order valence-electron chi connectivity index (χ1n) is 8.03. The van der Waals surface area contributed by atoms with E-state index in [2.05, 4.69) is 5.32 Å². The van der Waals surface area contributed by atoms with Crippen molar-refractivity contribution < 1.29 is 48.0 Å². The van der Waals surface area contributed by atoms with Crippen LogP contribution in [-0.4, -0.2) is 71.5 Å². The topological polar surface area (TPSA) is 155 Å². The summed E-state index contributed by atoms with van der Waals surface area (Å²) in [6.45, 7) is 4.67. The molecule has 0 aromatic heterocycles. The molecule has 0 aromatic rings. The molecule has 0 radical (unpaired) electrons. The Hall–Kier alpha value is -2.69. The van der Waals surface area contributed by atoms with E-state index in [0.717, 1.165) is 34.6 Å². The van der Waals surface area contributed by atoms with E-state index in [4.69, 9.17) is 18.9 Å². The minimum Gasteiger partial charge on any atom is -0.463 e. The van der Waals surface area contributed by atoms with E-state index >= 15 is 0 Å². The summed E-state index contributed by atoms with van der Waals surface area (Å²) in [4.78, 5) is 57.4. The number of hydrogen-bond donors (Lipinski definition) is 2. The quantitative estimate of drug-likeness (QED) is 0.409. The van der Waals surface area contributed by atoms with Crippen LogP contribution in [-0.2, 0) is 42.9 Å². The van der Waals surface area contributed by atoms with Crippen LogP contribution in [0.15, 0.2) is 0 Å². The van der Waals surface area contributed by atoms with Gasteiger partial charge in [0.05, 0.1) is 0 Å². The third-order valence-corrected chi connectivity index (χ3v) is 3.74. The smallest absolute Gasteiger partial charge is 0.303 e. The molecule has 0 aliphatic heterocycles. The Morgan fingerprint density at radius 2 is 1.30 bits per heavy atom. The Balaban J connectivity index is 3.48. The molecule has 1 aliphatic rings. The van der Waals surface area contributed by atoms with Gasteiger partial charge in [-0.3, -0.25) is 24.0 Å². The molecule has 0 bridgehead atoms. The maximum atomic E-state index is 11.6. The lowest BCUT2D eigenvalue weighted by Gasteiger charge is -2.34. The van der Waals surface area contributed by atoms with E-state index in [1.807, 2.05) is 0 Å². The third-order valence-electron chi connectivity index (χ3n) is 3.74. The van der Waals surface area contributed by atoms with Gasteiger partial charge in [0.25, 0.3) is 0 Å². The summed E-state index contributed by atoms with van der Waals surface area (Å²) in [6.07, 6.45) is -4.44. The van der Waals surface area contributed by atoms with Crippen LogP contribution in [0.1, 0.15) is 34.6 Å². The SMILES string of the molecule is CC(=O)N[C@@H]1[C@H](OC(C)=O)[C@@H](OC(C)=O)[C@H](OC(C)=O)[C@@]1(O)COC(C)=O. The van der Waals surface area contributed by atoms with Gasteiger partial charge in [0.1, 0.15) is 12.6 Å². The first kappa shape index (κ1) is 22.4. The van der Waals surface area contributed by atoms with Gasteiger partial charge in [-0.25, -0.2) is 0 Å². The van der Waals surface area contributed by atoms with Crippen molar-refractivity contribution in [3.63, 3.8) is 0 Å². The predicted octanol–water partition coefficient (Wildman–Crippen LogP) is -1.41. The fourth-order valence-corrected chi connectivity index (χ4v) is 2.92. The minimum absolute atomic E-state index is 0.622. The molecule has 0 spiro atoms. The van der Waals surface area contributed by atoms with Crippen molar-refractivity contribution in [1.29, 1.82) is 0 Å². The number of carbonyl (C=O) groups is 5. The van der Waals surface area contributed by atoms with E-state index < -0.39 is 66.3 Å². The van der Waals surface area contributed by atoms with Gasteiger partial charge in [-0.1, -0.05) is 0 Å². The summed E-state index contributed by atoms with van der Waals surface area (Å²) in [5.41, 5.74) is -2.23. The molecular formula is C16H23NO10. The Morgan fingerprint density at radius 3 is 1.70 bits per heavy atom. The van der Waals surface area contributed by atoms with Crippen molar-refractivity contribution >= 4 is 29.8 Å². The number of rotatable bonds is 6. The lowest BCUT2D eigenvalue weighted by Crippen LogP contribution is -2.60. The summed E-state index contributed by atoms with van der Waals surface area (Å²) >= 11 is 0. The zero-order chi connectivity index (χ0) is 20.9. The van der Waals surface area contributed by atoms with E-state index in [-0.39, 0.29) is 0 Å². The van der Waals surface area contributed by atoms with Gasteiger partial charge in [-0.2, -0.15) is 0 Å². The lowest BCUT2D eigenvalue weighted by atomic mass is 9.95. The number of ether oxygens (including phenoxy) is 4. The summed E-state index contributed by atoms with van der Waals surface area (Å²) in [5.74, 6) is -3.84. The summed E-state index contributed by atoms with van der Waals surface area (Å²) in [5, 5.41) is 13.6. The van der Waals surface area contributed by atoms with Crippen LogP contribution in [0.3, 0.4) is 0 Å². The van der Waals surface area contributed by atoms with Gasteiger partial charge in [0.15, 0.2) is 23.9 Å². The van der Waals surface area contributed by atoms with Crippen molar-refractivity contribution in [3.05, 3.63) is 0 Å². The van der Waals surface area contributed by atoms with E-state index in [9.17, 15) is 29.1 Å².